The van der Waals surface area contributed by atoms with Crippen LogP contribution in [0.3, 0.4) is 0 Å². The highest BCUT2D eigenvalue weighted by molar-refractivity contribution is 5.47. The predicted molar refractivity (Wildman–Crippen MR) is 103 cm³/mol. The maximum absolute atomic E-state index is 4.39. The second-order valence-corrected chi connectivity index (χ2v) is 7.34. The van der Waals surface area contributed by atoms with Gasteiger partial charge in [0.2, 0.25) is 0 Å². The van der Waals surface area contributed by atoms with Crippen LogP contribution in [-0.2, 0) is 0 Å². The van der Waals surface area contributed by atoms with E-state index < -0.39 is 0 Å². The van der Waals surface area contributed by atoms with Gasteiger partial charge in [-0.05, 0) is 60.2 Å². The van der Waals surface area contributed by atoms with E-state index in [1.54, 1.807) is 0 Å². The lowest BCUT2D eigenvalue weighted by molar-refractivity contribution is 0.371. The molecule has 2 aliphatic carbocycles. The Labute approximate surface area is 143 Å². The van der Waals surface area contributed by atoms with Gasteiger partial charge in [0.1, 0.15) is 0 Å². The third-order valence-corrected chi connectivity index (χ3v) is 5.38. The molecule has 124 valence electrons. The zero-order valence-corrected chi connectivity index (χ0v) is 15.1. The minimum Gasteiger partial charge on any atom is -0.0952 e. The van der Waals surface area contributed by atoms with E-state index in [0.717, 1.165) is 37.5 Å². The molecule has 0 heterocycles. The van der Waals surface area contributed by atoms with Crippen LogP contribution < -0.4 is 0 Å². The largest absolute Gasteiger partial charge is 0.0952 e. The monoisotopic (exact) mass is 308 g/mol. The van der Waals surface area contributed by atoms with Crippen molar-refractivity contribution in [1.29, 1.82) is 0 Å². The Kier molecular flexibility index (Phi) is 6.45. The standard InChI is InChI=1S/C23H32/c1-6-20(17(2)3)15-18(4)23-14-13-22(16-19(23)5)21-11-9-7-8-10-12-21/h7-11,14,17,20,22H,4-6,12-13,15-16H2,1-3H3. The lowest BCUT2D eigenvalue weighted by Gasteiger charge is -2.28. The van der Waals surface area contributed by atoms with Crippen molar-refractivity contribution in [2.45, 2.75) is 52.9 Å². The molecule has 2 atom stereocenters. The van der Waals surface area contributed by atoms with Gasteiger partial charge in [0, 0.05) is 0 Å². The average Bonchev–Trinajstić information content (AvgIpc) is 2.81. The summed E-state index contributed by atoms with van der Waals surface area (Å²) in [4.78, 5) is 0. The molecule has 0 heteroatoms. The summed E-state index contributed by atoms with van der Waals surface area (Å²) in [6.07, 6.45) is 19.0. The minimum absolute atomic E-state index is 0.610. The normalized spacial score (nSPS) is 22.6. The first kappa shape index (κ1) is 17.8. The summed E-state index contributed by atoms with van der Waals surface area (Å²) in [6, 6.07) is 0. The third-order valence-electron chi connectivity index (χ3n) is 5.38. The zero-order chi connectivity index (χ0) is 16.8. The Morgan fingerprint density at radius 2 is 2.04 bits per heavy atom. The molecular weight excluding hydrogens is 276 g/mol. The van der Waals surface area contributed by atoms with Crippen LogP contribution in [0.4, 0.5) is 0 Å². The number of hydrogen-bond donors (Lipinski definition) is 0. The molecule has 2 aliphatic rings. The van der Waals surface area contributed by atoms with Crippen molar-refractivity contribution in [2.24, 2.45) is 17.8 Å². The van der Waals surface area contributed by atoms with Gasteiger partial charge in [0.15, 0.2) is 0 Å². The molecule has 0 amide bonds. The lowest BCUT2D eigenvalue weighted by Crippen LogP contribution is -2.14. The highest BCUT2D eigenvalue weighted by Crippen LogP contribution is 2.38. The molecule has 0 aromatic rings. The Bertz CT molecular complexity index is 563. The van der Waals surface area contributed by atoms with Gasteiger partial charge in [-0.1, -0.05) is 82.4 Å². The van der Waals surface area contributed by atoms with Crippen molar-refractivity contribution in [2.75, 3.05) is 0 Å². The van der Waals surface area contributed by atoms with Crippen LogP contribution in [-0.4, -0.2) is 0 Å². The second kappa shape index (κ2) is 8.34. The van der Waals surface area contributed by atoms with Crippen molar-refractivity contribution in [3.63, 3.8) is 0 Å². The van der Waals surface area contributed by atoms with Crippen molar-refractivity contribution in [3.05, 3.63) is 71.9 Å². The average molecular weight is 309 g/mol. The molecule has 0 bridgehead atoms. The van der Waals surface area contributed by atoms with Gasteiger partial charge in [-0.15, -0.1) is 0 Å². The zero-order valence-electron chi connectivity index (χ0n) is 15.1. The van der Waals surface area contributed by atoms with Gasteiger partial charge in [-0.2, -0.15) is 0 Å². The first-order valence-electron chi connectivity index (χ1n) is 9.11. The number of rotatable bonds is 6. The highest BCUT2D eigenvalue weighted by atomic mass is 14.3. The Morgan fingerprint density at radius 1 is 1.26 bits per heavy atom. The summed E-state index contributed by atoms with van der Waals surface area (Å²) >= 11 is 0. The van der Waals surface area contributed by atoms with Crippen LogP contribution in [0.1, 0.15) is 52.9 Å². The van der Waals surface area contributed by atoms with E-state index in [9.17, 15) is 0 Å². The molecule has 2 rings (SSSR count). The first-order valence-corrected chi connectivity index (χ1v) is 9.11. The maximum atomic E-state index is 4.39. The smallest absolute Gasteiger partial charge is 0.0122 e. The fourth-order valence-corrected chi connectivity index (χ4v) is 3.75. The Balaban J connectivity index is 2.04. The lowest BCUT2D eigenvalue weighted by atomic mass is 9.76. The molecule has 0 fully saturated rings. The van der Waals surface area contributed by atoms with Crippen molar-refractivity contribution in [3.8, 4) is 0 Å². The molecule has 0 spiro atoms. The molecule has 0 aromatic carbocycles. The summed E-state index contributed by atoms with van der Waals surface area (Å²) in [5, 5.41) is 0. The van der Waals surface area contributed by atoms with E-state index in [4.69, 9.17) is 0 Å². The fourth-order valence-electron chi connectivity index (χ4n) is 3.75. The van der Waals surface area contributed by atoms with Crippen LogP contribution in [0.25, 0.3) is 0 Å². The third kappa shape index (κ3) is 4.70. The molecule has 0 aromatic heterocycles. The SMILES string of the molecule is C=C1CC(C2=CC=CC=CC2)CC=C1C(=C)CC(CC)C(C)C. The molecule has 2 unspecified atom stereocenters. The van der Waals surface area contributed by atoms with Crippen LogP contribution >= 0.6 is 0 Å². The quantitative estimate of drug-likeness (QED) is 0.498. The van der Waals surface area contributed by atoms with Crippen molar-refractivity contribution in [1.82, 2.24) is 0 Å². The summed E-state index contributed by atoms with van der Waals surface area (Å²) in [5.41, 5.74) is 5.46. The summed E-state index contributed by atoms with van der Waals surface area (Å²) in [6.45, 7) is 15.7. The summed E-state index contributed by atoms with van der Waals surface area (Å²) in [5.74, 6) is 2.06. The van der Waals surface area contributed by atoms with Gasteiger partial charge >= 0.3 is 0 Å². The van der Waals surface area contributed by atoms with Gasteiger partial charge in [-0.25, -0.2) is 0 Å². The van der Waals surface area contributed by atoms with E-state index in [2.05, 4.69) is 70.4 Å². The fraction of sp³-hybridized carbons (Fsp3) is 0.478. The van der Waals surface area contributed by atoms with Crippen molar-refractivity contribution < 1.29 is 0 Å². The summed E-state index contributed by atoms with van der Waals surface area (Å²) in [7, 11) is 0. The molecule has 0 N–H and O–H groups in total. The van der Waals surface area contributed by atoms with Gasteiger partial charge in [-0.3, -0.25) is 0 Å². The summed E-state index contributed by atoms with van der Waals surface area (Å²) < 4.78 is 0. The number of allylic oxidation sites excluding steroid dienone is 10. The Morgan fingerprint density at radius 3 is 2.70 bits per heavy atom. The van der Waals surface area contributed by atoms with Gasteiger partial charge in [0.25, 0.3) is 0 Å². The molecule has 0 saturated carbocycles. The predicted octanol–water partition coefficient (Wildman–Crippen LogP) is 6.95. The highest BCUT2D eigenvalue weighted by Gasteiger charge is 2.23. The van der Waals surface area contributed by atoms with Crippen LogP contribution in [0.5, 0.6) is 0 Å². The van der Waals surface area contributed by atoms with Crippen LogP contribution in [0.2, 0.25) is 0 Å². The van der Waals surface area contributed by atoms with E-state index in [1.807, 2.05) is 0 Å². The van der Waals surface area contributed by atoms with E-state index in [1.165, 1.54) is 28.7 Å². The van der Waals surface area contributed by atoms with Gasteiger partial charge in [0.05, 0.1) is 0 Å². The molecule has 23 heavy (non-hydrogen) atoms. The Hall–Kier alpha value is -1.56. The minimum atomic E-state index is 0.610. The molecule has 0 aliphatic heterocycles. The van der Waals surface area contributed by atoms with Crippen LogP contribution in [0.15, 0.2) is 71.9 Å². The molecular formula is C23H32. The van der Waals surface area contributed by atoms with E-state index in [-0.39, 0.29) is 0 Å². The van der Waals surface area contributed by atoms with Crippen LogP contribution in [0, 0.1) is 17.8 Å². The van der Waals surface area contributed by atoms with Gasteiger partial charge < -0.3 is 0 Å². The number of hydrogen-bond acceptors (Lipinski definition) is 0. The van der Waals surface area contributed by atoms with Crippen molar-refractivity contribution >= 4 is 0 Å². The maximum Gasteiger partial charge on any atom is -0.0122 e. The van der Waals surface area contributed by atoms with E-state index >= 15 is 0 Å². The van der Waals surface area contributed by atoms with E-state index in [0.29, 0.717) is 5.92 Å². The molecule has 0 nitrogen and oxygen atoms in total. The topological polar surface area (TPSA) is 0 Å². The first-order chi connectivity index (χ1) is 11.0. The molecule has 0 radical (unpaired) electrons. The molecule has 0 saturated heterocycles. The second-order valence-electron chi connectivity index (χ2n) is 7.34.